The largest absolute Gasteiger partial charge is 0.506 e. The van der Waals surface area contributed by atoms with Crippen molar-refractivity contribution in [2.45, 2.75) is 13.0 Å². The van der Waals surface area contributed by atoms with Crippen LogP contribution in [0.2, 0.25) is 0 Å². The lowest BCUT2D eigenvalue weighted by atomic mass is 10.2. The summed E-state index contributed by atoms with van der Waals surface area (Å²) in [5, 5.41) is 18.7. The van der Waals surface area contributed by atoms with Gasteiger partial charge in [-0.25, -0.2) is 4.79 Å². The van der Waals surface area contributed by atoms with Crippen molar-refractivity contribution in [1.29, 1.82) is 0 Å². The molecular formula is C9H11NO4. The first-order chi connectivity index (χ1) is 6.66. The van der Waals surface area contributed by atoms with Gasteiger partial charge in [0.25, 0.3) is 0 Å². The first-order valence-electron chi connectivity index (χ1n) is 4.15. The Hall–Kier alpha value is -1.62. The summed E-state index contributed by atoms with van der Waals surface area (Å²) in [5.41, 5.74) is -0.0917. The molecule has 1 aromatic heterocycles. The van der Waals surface area contributed by atoms with Crippen molar-refractivity contribution in [1.82, 2.24) is 4.98 Å². The quantitative estimate of drug-likeness (QED) is 0.685. The van der Waals surface area contributed by atoms with E-state index < -0.39 is 12.1 Å². The summed E-state index contributed by atoms with van der Waals surface area (Å²) in [6.07, 6.45) is -0.159. The van der Waals surface area contributed by atoms with Gasteiger partial charge < -0.3 is 14.9 Å². The molecule has 0 bridgehead atoms. The minimum Gasteiger partial charge on any atom is -0.506 e. The molecule has 1 unspecified atom stereocenters. The van der Waals surface area contributed by atoms with E-state index in [4.69, 9.17) is 0 Å². The molecule has 5 heteroatoms. The number of hydrogen-bond donors (Lipinski definition) is 2. The zero-order valence-electron chi connectivity index (χ0n) is 7.67. The Morgan fingerprint density at radius 3 is 3.00 bits per heavy atom. The predicted octanol–water partition coefficient (Wildman–Crippen LogP) is 0.384. The molecule has 14 heavy (non-hydrogen) atoms. The highest BCUT2D eigenvalue weighted by Gasteiger charge is 2.22. The van der Waals surface area contributed by atoms with E-state index in [0.717, 1.165) is 0 Å². The summed E-state index contributed by atoms with van der Waals surface area (Å²) in [6.45, 7) is 1.80. The molecule has 1 rings (SSSR count). The molecule has 0 aliphatic heterocycles. The second-order valence-electron chi connectivity index (χ2n) is 2.56. The van der Waals surface area contributed by atoms with Crippen LogP contribution in [-0.4, -0.2) is 27.8 Å². The molecule has 76 valence electrons. The van der Waals surface area contributed by atoms with Crippen LogP contribution in [0.25, 0.3) is 0 Å². The Bertz CT molecular complexity index is 326. The minimum absolute atomic E-state index is 0.0917. The van der Waals surface area contributed by atoms with Crippen LogP contribution >= 0.6 is 0 Å². The van der Waals surface area contributed by atoms with Crippen molar-refractivity contribution in [2.24, 2.45) is 0 Å². The van der Waals surface area contributed by atoms with Crippen LogP contribution in [0, 0.1) is 0 Å². The molecule has 0 amide bonds. The van der Waals surface area contributed by atoms with Gasteiger partial charge >= 0.3 is 5.97 Å². The normalized spacial score (nSPS) is 12.1. The van der Waals surface area contributed by atoms with Crippen LogP contribution in [0.3, 0.4) is 0 Å². The van der Waals surface area contributed by atoms with Gasteiger partial charge in [0.2, 0.25) is 0 Å². The van der Waals surface area contributed by atoms with Crippen LogP contribution in [0.1, 0.15) is 18.7 Å². The Morgan fingerprint density at radius 2 is 2.43 bits per heavy atom. The lowest BCUT2D eigenvalue weighted by molar-refractivity contribution is -0.153. The Kier molecular flexibility index (Phi) is 3.41. The highest BCUT2D eigenvalue weighted by atomic mass is 16.5. The second-order valence-corrected chi connectivity index (χ2v) is 2.56. The van der Waals surface area contributed by atoms with Gasteiger partial charge in [-0.05, 0) is 19.1 Å². The summed E-state index contributed by atoms with van der Waals surface area (Å²) in [4.78, 5) is 14.8. The third-order valence-electron chi connectivity index (χ3n) is 1.59. The van der Waals surface area contributed by atoms with E-state index in [9.17, 15) is 15.0 Å². The van der Waals surface area contributed by atoms with Gasteiger partial charge in [-0.15, -0.1) is 0 Å². The molecule has 0 spiro atoms. The number of aromatic nitrogens is 1. The molecule has 0 fully saturated rings. The van der Waals surface area contributed by atoms with Gasteiger partial charge in [0.15, 0.2) is 6.10 Å². The lowest BCUT2D eigenvalue weighted by Crippen LogP contribution is -2.16. The van der Waals surface area contributed by atoms with E-state index in [1.54, 1.807) is 6.92 Å². The average molecular weight is 197 g/mol. The molecule has 1 aromatic rings. The summed E-state index contributed by atoms with van der Waals surface area (Å²) >= 11 is 0. The van der Waals surface area contributed by atoms with Crippen molar-refractivity contribution < 1.29 is 19.7 Å². The van der Waals surface area contributed by atoms with Crippen molar-refractivity contribution in [3.05, 3.63) is 24.0 Å². The number of carbonyl (C=O) groups excluding carboxylic acids is 1. The fourth-order valence-electron chi connectivity index (χ4n) is 0.953. The zero-order valence-corrected chi connectivity index (χ0v) is 7.67. The maximum absolute atomic E-state index is 11.1. The number of pyridine rings is 1. The minimum atomic E-state index is -1.53. The van der Waals surface area contributed by atoms with Crippen molar-refractivity contribution in [2.75, 3.05) is 6.61 Å². The number of aliphatic hydroxyl groups excluding tert-OH is 1. The zero-order chi connectivity index (χ0) is 10.6. The van der Waals surface area contributed by atoms with E-state index in [1.807, 2.05) is 0 Å². The predicted molar refractivity (Wildman–Crippen MR) is 47.5 cm³/mol. The third kappa shape index (κ3) is 2.20. The van der Waals surface area contributed by atoms with Crippen LogP contribution < -0.4 is 0 Å². The van der Waals surface area contributed by atoms with Gasteiger partial charge in [-0.3, -0.25) is 4.98 Å². The number of hydrogen-bond acceptors (Lipinski definition) is 5. The highest BCUT2D eigenvalue weighted by molar-refractivity contribution is 5.76. The fraction of sp³-hybridized carbons (Fsp3) is 0.333. The number of rotatable bonds is 3. The number of carbonyl (C=O) groups is 1. The molecule has 0 aromatic carbocycles. The van der Waals surface area contributed by atoms with Crippen molar-refractivity contribution >= 4 is 5.97 Å². The van der Waals surface area contributed by atoms with Gasteiger partial charge in [-0.1, -0.05) is 0 Å². The van der Waals surface area contributed by atoms with E-state index >= 15 is 0 Å². The molecule has 5 nitrogen and oxygen atoms in total. The van der Waals surface area contributed by atoms with E-state index in [2.05, 4.69) is 9.72 Å². The topological polar surface area (TPSA) is 79.7 Å². The number of aromatic hydroxyl groups is 1. The Balaban J connectivity index is 2.84. The average Bonchev–Trinajstić information content (AvgIpc) is 2.18. The van der Waals surface area contributed by atoms with Gasteiger partial charge in [0, 0.05) is 6.20 Å². The number of nitrogens with zero attached hydrogens (tertiary/aromatic N) is 1. The van der Waals surface area contributed by atoms with E-state index in [0.29, 0.717) is 0 Å². The summed E-state index contributed by atoms with van der Waals surface area (Å²) in [6, 6.07) is 2.83. The smallest absolute Gasteiger partial charge is 0.341 e. The van der Waals surface area contributed by atoms with E-state index in [1.165, 1.54) is 18.3 Å². The summed E-state index contributed by atoms with van der Waals surface area (Å²) < 4.78 is 4.57. The molecule has 0 aliphatic rings. The molecular weight excluding hydrogens is 186 g/mol. The van der Waals surface area contributed by atoms with Crippen molar-refractivity contribution in [3.63, 3.8) is 0 Å². The van der Waals surface area contributed by atoms with Gasteiger partial charge in [0.05, 0.1) is 6.61 Å². The van der Waals surface area contributed by atoms with E-state index in [-0.39, 0.29) is 18.1 Å². The summed E-state index contributed by atoms with van der Waals surface area (Å²) in [7, 11) is 0. The first-order valence-corrected chi connectivity index (χ1v) is 4.15. The SMILES string of the molecule is CCOC(=O)C(O)c1ncccc1O. The number of esters is 1. The summed E-state index contributed by atoms with van der Waals surface area (Å²) in [5.74, 6) is -1.05. The molecule has 2 N–H and O–H groups in total. The van der Waals surface area contributed by atoms with Crippen molar-refractivity contribution in [3.8, 4) is 5.75 Å². The molecule has 1 atom stereocenters. The highest BCUT2D eigenvalue weighted by Crippen LogP contribution is 2.21. The van der Waals surface area contributed by atoms with Crippen LogP contribution in [0.5, 0.6) is 5.75 Å². The first kappa shape index (κ1) is 10.5. The van der Waals surface area contributed by atoms with Gasteiger partial charge in [0.1, 0.15) is 11.4 Å². The fourth-order valence-corrected chi connectivity index (χ4v) is 0.953. The molecule has 0 aliphatic carbocycles. The monoisotopic (exact) mass is 197 g/mol. The lowest BCUT2D eigenvalue weighted by Gasteiger charge is -2.09. The number of ether oxygens (including phenoxy) is 1. The Labute approximate surface area is 81.0 Å². The number of aliphatic hydroxyl groups is 1. The molecule has 0 saturated carbocycles. The molecule has 1 heterocycles. The second kappa shape index (κ2) is 4.57. The molecule has 0 saturated heterocycles. The maximum Gasteiger partial charge on any atom is 0.341 e. The van der Waals surface area contributed by atoms with Crippen LogP contribution in [0.4, 0.5) is 0 Å². The van der Waals surface area contributed by atoms with Gasteiger partial charge in [-0.2, -0.15) is 0 Å². The van der Waals surface area contributed by atoms with Crippen LogP contribution in [-0.2, 0) is 9.53 Å². The van der Waals surface area contributed by atoms with Crippen LogP contribution in [0.15, 0.2) is 18.3 Å². The third-order valence-corrected chi connectivity index (χ3v) is 1.59. The maximum atomic E-state index is 11.1. The Morgan fingerprint density at radius 1 is 1.71 bits per heavy atom. The standard InChI is InChI=1S/C9H11NO4/c1-2-14-9(13)8(12)7-6(11)4-3-5-10-7/h3-5,8,11-12H,2H2,1H3. The molecule has 0 radical (unpaired) electrons.